The quantitative estimate of drug-likeness (QED) is 0.748. The summed E-state index contributed by atoms with van der Waals surface area (Å²) in [6.45, 7) is 5.76. The Hall–Kier alpha value is -2.74. The molecule has 0 saturated carbocycles. The van der Waals surface area contributed by atoms with Crippen LogP contribution in [-0.2, 0) is 20.8 Å². The molecular weight excluding hydrogens is 338 g/mol. The average molecular weight is 359 g/mol. The Morgan fingerprint density at radius 3 is 2.69 bits per heavy atom. The van der Waals surface area contributed by atoms with Crippen molar-refractivity contribution in [1.82, 2.24) is 14.5 Å². The topological polar surface area (TPSA) is 90.7 Å². The van der Waals surface area contributed by atoms with E-state index in [2.05, 4.69) is 4.98 Å². The fraction of sp³-hybridized carbons (Fsp3) is 0.444. The van der Waals surface area contributed by atoms with Crippen molar-refractivity contribution in [2.75, 3.05) is 32.9 Å². The van der Waals surface area contributed by atoms with Crippen LogP contribution in [0.4, 0.5) is 0 Å². The molecule has 0 atom stereocenters. The van der Waals surface area contributed by atoms with E-state index in [1.54, 1.807) is 21.6 Å². The summed E-state index contributed by atoms with van der Waals surface area (Å²) in [5.41, 5.74) is 0.768. The number of hydrogen-bond acceptors (Lipinski definition) is 6. The van der Waals surface area contributed by atoms with Gasteiger partial charge in [0.15, 0.2) is 6.61 Å². The molecule has 1 saturated heterocycles. The van der Waals surface area contributed by atoms with E-state index in [4.69, 9.17) is 9.47 Å². The van der Waals surface area contributed by atoms with Gasteiger partial charge in [-0.25, -0.2) is 9.78 Å². The predicted octanol–water partition coefficient (Wildman–Crippen LogP) is 0.740. The average Bonchev–Trinajstić information content (AvgIpc) is 2.66. The van der Waals surface area contributed by atoms with Crippen LogP contribution in [0.1, 0.15) is 23.0 Å². The molecule has 26 heavy (non-hydrogen) atoms. The van der Waals surface area contributed by atoms with E-state index < -0.39 is 18.0 Å². The van der Waals surface area contributed by atoms with Crippen molar-refractivity contribution in [3.05, 3.63) is 39.8 Å². The Balaban J connectivity index is 1.82. The van der Waals surface area contributed by atoms with Crippen molar-refractivity contribution in [2.24, 2.45) is 0 Å². The first-order valence-corrected chi connectivity index (χ1v) is 8.54. The number of morpholine rings is 1. The van der Waals surface area contributed by atoms with Gasteiger partial charge in [-0.05, 0) is 26.0 Å². The number of ether oxygens (including phenoxy) is 2. The summed E-state index contributed by atoms with van der Waals surface area (Å²) in [6.07, 6.45) is 1.44. The van der Waals surface area contributed by atoms with Crippen LogP contribution >= 0.6 is 0 Å². The van der Waals surface area contributed by atoms with E-state index in [-0.39, 0.29) is 11.5 Å². The maximum absolute atomic E-state index is 12.6. The predicted molar refractivity (Wildman–Crippen MR) is 94.1 cm³/mol. The zero-order valence-electron chi connectivity index (χ0n) is 14.9. The summed E-state index contributed by atoms with van der Waals surface area (Å²) in [5, 5.41) is 0.353. The van der Waals surface area contributed by atoms with E-state index in [1.807, 2.05) is 13.8 Å². The largest absolute Gasteiger partial charge is 0.452 e. The van der Waals surface area contributed by atoms with Gasteiger partial charge in [0.2, 0.25) is 5.43 Å². The minimum absolute atomic E-state index is 0.0974. The molecule has 3 heterocycles. The van der Waals surface area contributed by atoms with Crippen molar-refractivity contribution in [3.8, 4) is 0 Å². The summed E-state index contributed by atoms with van der Waals surface area (Å²) in [5.74, 6) is -1.10. The SMILES string of the molecule is CCn1cc(C(=O)OCC(=O)N2CCOCC2)c(=O)c2ccc(C)nc21. The molecule has 1 amide bonds. The fourth-order valence-corrected chi connectivity index (χ4v) is 2.86. The van der Waals surface area contributed by atoms with Gasteiger partial charge in [-0.15, -0.1) is 0 Å². The number of hydrogen-bond donors (Lipinski definition) is 0. The van der Waals surface area contributed by atoms with Crippen LogP contribution in [0, 0.1) is 6.92 Å². The fourth-order valence-electron chi connectivity index (χ4n) is 2.86. The van der Waals surface area contributed by atoms with Gasteiger partial charge >= 0.3 is 5.97 Å². The van der Waals surface area contributed by atoms with Crippen LogP contribution in [0.15, 0.2) is 23.1 Å². The molecule has 8 nitrogen and oxygen atoms in total. The summed E-state index contributed by atoms with van der Waals surface area (Å²) in [4.78, 5) is 43.1. The van der Waals surface area contributed by atoms with Gasteiger partial charge in [0.25, 0.3) is 5.91 Å². The third kappa shape index (κ3) is 3.60. The molecular formula is C18H21N3O5. The van der Waals surface area contributed by atoms with Crippen molar-refractivity contribution in [2.45, 2.75) is 20.4 Å². The molecule has 0 aliphatic carbocycles. The number of esters is 1. The van der Waals surface area contributed by atoms with E-state index in [1.165, 1.54) is 6.20 Å². The Kier molecular flexibility index (Phi) is 5.32. The highest BCUT2D eigenvalue weighted by Crippen LogP contribution is 2.11. The lowest BCUT2D eigenvalue weighted by Crippen LogP contribution is -2.42. The molecule has 0 N–H and O–H groups in total. The summed E-state index contributed by atoms with van der Waals surface area (Å²) >= 11 is 0. The third-order valence-corrected chi connectivity index (χ3v) is 4.31. The van der Waals surface area contributed by atoms with Gasteiger partial charge in [-0.1, -0.05) is 0 Å². The molecule has 1 aliphatic rings. The second-order valence-electron chi connectivity index (χ2n) is 6.05. The van der Waals surface area contributed by atoms with Gasteiger partial charge in [-0.2, -0.15) is 0 Å². The molecule has 0 bridgehead atoms. The lowest BCUT2D eigenvalue weighted by Gasteiger charge is -2.26. The molecule has 2 aromatic heterocycles. The van der Waals surface area contributed by atoms with Crippen molar-refractivity contribution in [1.29, 1.82) is 0 Å². The lowest BCUT2D eigenvalue weighted by molar-refractivity contribution is -0.138. The normalized spacial score (nSPS) is 14.5. The lowest BCUT2D eigenvalue weighted by atomic mass is 10.2. The maximum atomic E-state index is 12.6. The molecule has 2 aromatic rings. The number of aromatic nitrogens is 2. The van der Waals surface area contributed by atoms with Crippen molar-refractivity contribution in [3.63, 3.8) is 0 Å². The molecule has 1 aliphatic heterocycles. The monoisotopic (exact) mass is 359 g/mol. The molecule has 0 aromatic carbocycles. The van der Waals surface area contributed by atoms with Gasteiger partial charge in [0, 0.05) is 31.5 Å². The highest BCUT2D eigenvalue weighted by Gasteiger charge is 2.21. The van der Waals surface area contributed by atoms with Crippen LogP contribution in [0.2, 0.25) is 0 Å². The zero-order chi connectivity index (χ0) is 18.7. The smallest absolute Gasteiger partial charge is 0.344 e. The van der Waals surface area contributed by atoms with E-state index in [0.717, 1.165) is 5.69 Å². The van der Waals surface area contributed by atoms with E-state index >= 15 is 0 Å². The standard InChI is InChI=1S/C18H21N3O5/c1-3-20-10-14(16(23)13-5-4-12(2)19-17(13)20)18(24)26-11-15(22)21-6-8-25-9-7-21/h4-5,10H,3,6-9,11H2,1-2H3. The summed E-state index contributed by atoms with van der Waals surface area (Å²) in [7, 11) is 0. The Morgan fingerprint density at radius 1 is 1.27 bits per heavy atom. The van der Waals surface area contributed by atoms with Gasteiger partial charge < -0.3 is 18.9 Å². The molecule has 0 radical (unpaired) electrons. The molecule has 1 fully saturated rings. The number of pyridine rings is 2. The highest BCUT2D eigenvalue weighted by atomic mass is 16.5. The molecule has 3 rings (SSSR count). The minimum atomic E-state index is -0.804. The minimum Gasteiger partial charge on any atom is -0.452 e. The number of fused-ring (bicyclic) bond motifs is 1. The van der Waals surface area contributed by atoms with Crippen LogP contribution in [0.25, 0.3) is 11.0 Å². The van der Waals surface area contributed by atoms with E-state index in [0.29, 0.717) is 43.9 Å². The second kappa shape index (κ2) is 7.65. The first-order chi connectivity index (χ1) is 12.5. The molecule has 0 spiro atoms. The van der Waals surface area contributed by atoms with Crippen molar-refractivity contribution >= 4 is 22.9 Å². The summed E-state index contributed by atoms with van der Waals surface area (Å²) < 4.78 is 12.0. The Labute approximate surface area is 150 Å². The van der Waals surface area contributed by atoms with E-state index in [9.17, 15) is 14.4 Å². The highest BCUT2D eigenvalue weighted by molar-refractivity contribution is 5.94. The molecule has 0 unspecified atom stereocenters. The maximum Gasteiger partial charge on any atom is 0.344 e. The summed E-state index contributed by atoms with van der Waals surface area (Å²) in [6, 6.07) is 3.38. The van der Waals surface area contributed by atoms with Crippen LogP contribution in [0.3, 0.4) is 0 Å². The van der Waals surface area contributed by atoms with Crippen LogP contribution < -0.4 is 5.43 Å². The number of carbonyl (C=O) groups excluding carboxylic acids is 2. The molecule has 138 valence electrons. The number of carbonyl (C=O) groups is 2. The van der Waals surface area contributed by atoms with Crippen LogP contribution in [0.5, 0.6) is 0 Å². The molecule has 8 heteroatoms. The number of nitrogens with zero attached hydrogens (tertiary/aromatic N) is 3. The van der Waals surface area contributed by atoms with Crippen molar-refractivity contribution < 1.29 is 19.1 Å². The first kappa shape index (κ1) is 18.1. The van der Waals surface area contributed by atoms with Crippen LogP contribution in [-0.4, -0.2) is 59.2 Å². The van der Waals surface area contributed by atoms with Gasteiger partial charge in [-0.3, -0.25) is 9.59 Å². The Bertz CT molecular complexity index is 900. The zero-order valence-corrected chi connectivity index (χ0v) is 14.9. The number of amides is 1. The number of rotatable bonds is 4. The first-order valence-electron chi connectivity index (χ1n) is 8.54. The third-order valence-electron chi connectivity index (χ3n) is 4.31. The Morgan fingerprint density at radius 2 is 2.00 bits per heavy atom. The second-order valence-corrected chi connectivity index (χ2v) is 6.05. The van der Waals surface area contributed by atoms with Gasteiger partial charge in [0.05, 0.1) is 18.6 Å². The van der Waals surface area contributed by atoms with Gasteiger partial charge in [0.1, 0.15) is 11.2 Å². The number of aryl methyl sites for hydroxylation is 2.